The molecular weight excluding hydrogens is 246 g/mol. The van der Waals surface area contributed by atoms with Crippen molar-refractivity contribution >= 4 is 23.2 Å². The Balaban J connectivity index is 0.00000120. The summed E-state index contributed by atoms with van der Waals surface area (Å²) in [5, 5.41) is 10.6. The van der Waals surface area contributed by atoms with E-state index in [0.717, 1.165) is 17.5 Å². The molecule has 0 fully saturated rings. The van der Waals surface area contributed by atoms with Crippen LogP contribution in [0.3, 0.4) is 0 Å². The summed E-state index contributed by atoms with van der Waals surface area (Å²) in [6.45, 7) is 0. The summed E-state index contributed by atoms with van der Waals surface area (Å²) < 4.78 is 0. The van der Waals surface area contributed by atoms with Gasteiger partial charge in [-0.3, -0.25) is 4.98 Å². The van der Waals surface area contributed by atoms with Gasteiger partial charge in [0, 0.05) is 29.6 Å². The zero-order valence-corrected chi connectivity index (χ0v) is 10.5. The maximum absolute atomic E-state index is 4.23. The van der Waals surface area contributed by atoms with Crippen molar-refractivity contribution in [2.45, 2.75) is 6.42 Å². The third-order valence-electron chi connectivity index (χ3n) is 2.77. The van der Waals surface area contributed by atoms with Gasteiger partial charge in [0.05, 0.1) is 11.9 Å². The van der Waals surface area contributed by atoms with Crippen LogP contribution in [0.25, 0.3) is 10.8 Å². The van der Waals surface area contributed by atoms with Gasteiger partial charge in [0.2, 0.25) is 0 Å². The van der Waals surface area contributed by atoms with Gasteiger partial charge in [-0.1, -0.05) is 24.3 Å². The summed E-state index contributed by atoms with van der Waals surface area (Å²) in [6, 6.07) is 12.2. The Morgan fingerprint density at radius 2 is 1.72 bits per heavy atom. The minimum atomic E-state index is 0. The molecule has 0 saturated heterocycles. The number of pyridine rings is 1. The smallest absolute Gasteiger partial charge is 0.0753 e. The zero-order chi connectivity index (χ0) is 11.5. The molecule has 3 nitrogen and oxygen atoms in total. The van der Waals surface area contributed by atoms with E-state index in [4.69, 9.17) is 0 Å². The molecule has 0 aliphatic rings. The van der Waals surface area contributed by atoms with Crippen LogP contribution >= 0.6 is 12.4 Å². The lowest BCUT2D eigenvalue weighted by atomic mass is 10.1. The number of hydrogen-bond acceptors (Lipinski definition) is 3. The number of halogens is 1. The fourth-order valence-electron chi connectivity index (χ4n) is 1.91. The monoisotopic (exact) mass is 257 g/mol. The van der Waals surface area contributed by atoms with Crippen molar-refractivity contribution in [3.8, 4) is 0 Å². The number of fused-ring (bicyclic) bond motifs is 1. The van der Waals surface area contributed by atoms with Crippen molar-refractivity contribution in [2.24, 2.45) is 0 Å². The highest BCUT2D eigenvalue weighted by molar-refractivity contribution is 5.85. The van der Waals surface area contributed by atoms with E-state index in [1.165, 1.54) is 10.9 Å². The summed E-state index contributed by atoms with van der Waals surface area (Å²) in [5.41, 5.74) is 2.21. The first-order chi connectivity index (χ1) is 8.43. The number of benzene rings is 1. The number of hydrogen-bond donors (Lipinski definition) is 0. The van der Waals surface area contributed by atoms with Crippen LogP contribution in [0.1, 0.15) is 11.3 Å². The molecule has 2 heterocycles. The number of nitrogens with zero attached hydrogens (tertiary/aromatic N) is 3. The molecule has 3 rings (SSSR count). The van der Waals surface area contributed by atoms with Gasteiger partial charge in [0.25, 0.3) is 0 Å². The van der Waals surface area contributed by atoms with Gasteiger partial charge in [-0.15, -0.1) is 12.4 Å². The van der Waals surface area contributed by atoms with Crippen LogP contribution in [0.5, 0.6) is 0 Å². The zero-order valence-electron chi connectivity index (χ0n) is 9.65. The molecule has 0 atom stereocenters. The second kappa shape index (κ2) is 5.56. The Morgan fingerprint density at radius 1 is 0.944 bits per heavy atom. The molecule has 0 N–H and O–H groups in total. The molecule has 0 radical (unpaired) electrons. The summed E-state index contributed by atoms with van der Waals surface area (Å²) >= 11 is 0. The van der Waals surface area contributed by atoms with E-state index in [1.54, 1.807) is 18.6 Å². The minimum Gasteiger partial charge on any atom is -0.265 e. The van der Waals surface area contributed by atoms with Gasteiger partial charge in [-0.2, -0.15) is 10.2 Å². The topological polar surface area (TPSA) is 38.7 Å². The van der Waals surface area contributed by atoms with Crippen LogP contribution in [0.4, 0.5) is 0 Å². The lowest BCUT2D eigenvalue weighted by Gasteiger charge is -2.04. The van der Waals surface area contributed by atoms with E-state index in [0.29, 0.717) is 0 Å². The van der Waals surface area contributed by atoms with Gasteiger partial charge in [-0.05, 0) is 17.7 Å². The second-order valence-electron chi connectivity index (χ2n) is 3.91. The van der Waals surface area contributed by atoms with Crippen LogP contribution in [-0.2, 0) is 6.42 Å². The third kappa shape index (κ3) is 2.46. The van der Waals surface area contributed by atoms with Crippen LogP contribution < -0.4 is 0 Å². The quantitative estimate of drug-likeness (QED) is 0.708. The van der Waals surface area contributed by atoms with Crippen molar-refractivity contribution in [2.75, 3.05) is 0 Å². The summed E-state index contributed by atoms with van der Waals surface area (Å²) in [5.74, 6) is 0. The fraction of sp³-hybridized carbons (Fsp3) is 0.0714. The maximum atomic E-state index is 4.23. The van der Waals surface area contributed by atoms with E-state index < -0.39 is 0 Å². The fourth-order valence-corrected chi connectivity index (χ4v) is 1.91. The Hall–Kier alpha value is -2.00. The molecule has 0 saturated carbocycles. The summed E-state index contributed by atoms with van der Waals surface area (Å²) in [4.78, 5) is 4.01. The predicted molar refractivity (Wildman–Crippen MR) is 73.8 cm³/mol. The molecule has 90 valence electrons. The van der Waals surface area contributed by atoms with Gasteiger partial charge in [-0.25, -0.2) is 0 Å². The highest BCUT2D eigenvalue weighted by atomic mass is 35.5. The summed E-state index contributed by atoms with van der Waals surface area (Å²) in [6.07, 6.45) is 6.18. The first kappa shape index (κ1) is 12.5. The molecule has 3 aromatic rings. The highest BCUT2D eigenvalue weighted by Crippen LogP contribution is 2.17. The van der Waals surface area contributed by atoms with E-state index in [1.807, 2.05) is 24.3 Å². The van der Waals surface area contributed by atoms with Gasteiger partial charge in [0.15, 0.2) is 0 Å². The molecule has 0 aliphatic carbocycles. The molecule has 2 aromatic heterocycles. The molecule has 0 unspecified atom stereocenters. The standard InChI is InChI=1S/C14H11N3.ClH/c1-2-4-13-12(3-1)10-16-17-14(13)9-11-5-7-15-8-6-11;/h1-8,10H,9H2;1H. The van der Waals surface area contributed by atoms with Crippen molar-refractivity contribution in [3.05, 3.63) is 66.2 Å². The van der Waals surface area contributed by atoms with Gasteiger partial charge < -0.3 is 0 Å². The van der Waals surface area contributed by atoms with Crippen LogP contribution in [0, 0.1) is 0 Å². The molecule has 18 heavy (non-hydrogen) atoms. The predicted octanol–water partition coefficient (Wildman–Crippen LogP) is 3.04. The normalized spacial score (nSPS) is 10.0. The second-order valence-corrected chi connectivity index (χ2v) is 3.91. The molecule has 1 aromatic carbocycles. The van der Waals surface area contributed by atoms with Crippen LogP contribution in [0.2, 0.25) is 0 Å². The van der Waals surface area contributed by atoms with E-state index in [-0.39, 0.29) is 12.4 Å². The lowest BCUT2D eigenvalue weighted by Crippen LogP contribution is -1.96. The first-order valence-corrected chi connectivity index (χ1v) is 5.52. The third-order valence-corrected chi connectivity index (χ3v) is 2.77. The van der Waals surface area contributed by atoms with Gasteiger partial charge >= 0.3 is 0 Å². The van der Waals surface area contributed by atoms with E-state index in [9.17, 15) is 0 Å². The van der Waals surface area contributed by atoms with Crippen LogP contribution in [-0.4, -0.2) is 15.2 Å². The Morgan fingerprint density at radius 3 is 2.56 bits per heavy atom. The van der Waals surface area contributed by atoms with Crippen molar-refractivity contribution in [3.63, 3.8) is 0 Å². The van der Waals surface area contributed by atoms with Crippen molar-refractivity contribution < 1.29 is 0 Å². The lowest BCUT2D eigenvalue weighted by molar-refractivity contribution is 0.956. The molecule has 0 spiro atoms. The number of aromatic nitrogens is 3. The molecule has 4 heteroatoms. The molecule has 0 amide bonds. The van der Waals surface area contributed by atoms with E-state index in [2.05, 4.69) is 27.3 Å². The van der Waals surface area contributed by atoms with Gasteiger partial charge in [0.1, 0.15) is 0 Å². The average Bonchev–Trinajstić information content (AvgIpc) is 2.40. The first-order valence-electron chi connectivity index (χ1n) is 5.52. The summed E-state index contributed by atoms with van der Waals surface area (Å²) in [7, 11) is 0. The highest BCUT2D eigenvalue weighted by Gasteiger charge is 2.03. The Labute approximate surface area is 111 Å². The maximum Gasteiger partial charge on any atom is 0.0753 e. The Kier molecular flexibility index (Phi) is 3.85. The molecule has 0 aliphatic heterocycles. The number of rotatable bonds is 2. The molecular formula is C14H12ClN3. The van der Waals surface area contributed by atoms with Crippen molar-refractivity contribution in [1.82, 2.24) is 15.2 Å². The Bertz CT molecular complexity index is 635. The van der Waals surface area contributed by atoms with Crippen LogP contribution in [0.15, 0.2) is 55.0 Å². The molecule has 0 bridgehead atoms. The largest absolute Gasteiger partial charge is 0.265 e. The van der Waals surface area contributed by atoms with E-state index >= 15 is 0 Å². The average molecular weight is 258 g/mol. The minimum absolute atomic E-state index is 0. The van der Waals surface area contributed by atoms with Crippen molar-refractivity contribution in [1.29, 1.82) is 0 Å². The SMILES string of the molecule is Cl.c1ccc2c(Cc3ccncc3)nncc2c1.